The van der Waals surface area contributed by atoms with Crippen molar-refractivity contribution in [1.82, 2.24) is 5.32 Å². The highest BCUT2D eigenvalue weighted by atomic mass is 28.3. The number of rotatable bonds is 10. The zero-order valence-corrected chi connectivity index (χ0v) is 20.8. The molecule has 1 saturated heterocycles. The van der Waals surface area contributed by atoms with Gasteiger partial charge >= 0.3 is 0 Å². The number of carbonyl (C=O) groups is 1. The van der Waals surface area contributed by atoms with Gasteiger partial charge in [-0.1, -0.05) is 118 Å². The van der Waals surface area contributed by atoms with Crippen molar-refractivity contribution in [2.45, 2.75) is 89.5 Å². The summed E-state index contributed by atoms with van der Waals surface area (Å²) in [4.78, 5) is 13.1. The molecular formula is C28H41NOSi. The van der Waals surface area contributed by atoms with E-state index < -0.39 is 8.07 Å². The Hall–Kier alpha value is -1.87. The van der Waals surface area contributed by atoms with Gasteiger partial charge in [-0.05, 0) is 36.4 Å². The first kappa shape index (κ1) is 23.8. The van der Waals surface area contributed by atoms with Crippen molar-refractivity contribution >= 4 is 14.0 Å². The Morgan fingerprint density at radius 2 is 1.71 bits per heavy atom. The van der Waals surface area contributed by atoms with Crippen molar-refractivity contribution in [1.29, 1.82) is 0 Å². The van der Waals surface area contributed by atoms with E-state index >= 15 is 0 Å². The van der Waals surface area contributed by atoms with Gasteiger partial charge in [-0.25, -0.2) is 0 Å². The minimum absolute atomic E-state index is 0.0380. The molecule has 0 spiro atoms. The molecule has 1 fully saturated rings. The molecule has 1 heterocycles. The van der Waals surface area contributed by atoms with Crippen LogP contribution in [0.4, 0.5) is 0 Å². The van der Waals surface area contributed by atoms with Crippen LogP contribution in [0, 0.1) is 12.8 Å². The summed E-state index contributed by atoms with van der Waals surface area (Å²) in [6, 6.07) is 24.7. The number of hydrogen-bond acceptors (Lipinski definition) is 1. The third-order valence-corrected chi connectivity index (χ3v) is 12.8. The third-order valence-electron chi connectivity index (χ3n) is 7.38. The van der Waals surface area contributed by atoms with E-state index in [-0.39, 0.29) is 11.9 Å². The van der Waals surface area contributed by atoms with Gasteiger partial charge in [0.25, 0.3) is 0 Å². The molecule has 31 heavy (non-hydrogen) atoms. The van der Waals surface area contributed by atoms with Crippen molar-refractivity contribution in [3.05, 3.63) is 71.3 Å². The molecule has 1 N–H and O–H groups in total. The molecule has 1 aliphatic heterocycles. The Morgan fingerprint density at radius 3 is 2.35 bits per heavy atom. The van der Waals surface area contributed by atoms with Crippen LogP contribution < -0.4 is 5.32 Å². The van der Waals surface area contributed by atoms with Crippen molar-refractivity contribution in [2.24, 2.45) is 5.92 Å². The van der Waals surface area contributed by atoms with Crippen LogP contribution in [0.25, 0.3) is 0 Å². The van der Waals surface area contributed by atoms with E-state index in [0.29, 0.717) is 6.42 Å². The average Bonchev–Trinajstić information content (AvgIpc) is 2.80. The number of hydrogen-bond donors (Lipinski definition) is 1. The second-order valence-electron chi connectivity index (χ2n) is 10.0. The summed E-state index contributed by atoms with van der Waals surface area (Å²) in [5, 5.41) is 3.40. The highest BCUT2D eigenvalue weighted by molar-refractivity contribution is 6.80. The van der Waals surface area contributed by atoms with Gasteiger partial charge in [0.2, 0.25) is 5.91 Å². The van der Waals surface area contributed by atoms with Crippen molar-refractivity contribution in [2.75, 3.05) is 0 Å². The highest BCUT2D eigenvalue weighted by Crippen LogP contribution is 2.39. The van der Waals surface area contributed by atoms with E-state index in [4.69, 9.17) is 0 Å². The van der Waals surface area contributed by atoms with Crippen LogP contribution >= 0.6 is 0 Å². The smallest absolute Gasteiger partial charge is 0.220 e. The number of amides is 1. The van der Waals surface area contributed by atoms with Crippen molar-refractivity contribution in [3.8, 4) is 0 Å². The van der Waals surface area contributed by atoms with Gasteiger partial charge in [-0.3, -0.25) is 4.79 Å². The highest BCUT2D eigenvalue weighted by Gasteiger charge is 2.35. The van der Waals surface area contributed by atoms with Crippen LogP contribution in [0.2, 0.25) is 24.2 Å². The van der Waals surface area contributed by atoms with Crippen LogP contribution in [0.5, 0.6) is 0 Å². The largest absolute Gasteiger partial charge is 0.349 e. The second-order valence-corrected chi connectivity index (χ2v) is 15.0. The van der Waals surface area contributed by atoms with E-state index in [9.17, 15) is 4.79 Å². The summed E-state index contributed by atoms with van der Waals surface area (Å²) in [5.41, 5.74) is 3.74. The maximum atomic E-state index is 13.1. The quantitative estimate of drug-likeness (QED) is 0.385. The molecule has 168 valence electrons. The summed E-state index contributed by atoms with van der Waals surface area (Å²) in [6.45, 7) is 6.82. The predicted octanol–water partition coefficient (Wildman–Crippen LogP) is 7.46. The lowest BCUT2D eigenvalue weighted by molar-refractivity contribution is -0.121. The topological polar surface area (TPSA) is 29.1 Å². The molecule has 2 aromatic rings. The number of nitrogens with one attached hydrogen (secondary N) is 1. The first-order valence-corrected chi connectivity index (χ1v) is 15.2. The van der Waals surface area contributed by atoms with Crippen LogP contribution in [-0.4, -0.2) is 14.0 Å². The Labute approximate surface area is 190 Å². The van der Waals surface area contributed by atoms with Crippen molar-refractivity contribution in [3.63, 3.8) is 0 Å². The number of aryl methyl sites for hydroxylation is 1. The molecule has 3 rings (SSSR count). The van der Waals surface area contributed by atoms with Gasteiger partial charge in [-0.2, -0.15) is 0 Å². The van der Waals surface area contributed by atoms with E-state index in [2.05, 4.69) is 74.6 Å². The van der Waals surface area contributed by atoms with Crippen LogP contribution in [-0.2, 0) is 11.2 Å². The molecule has 1 aliphatic rings. The SMILES string of the molecule is CCCC[Si]1(CCC(=O)NC(Cc2ccc(C)cc2)c2ccccc2)CCC(C)CC1. The summed E-state index contributed by atoms with van der Waals surface area (Å²) >= 11 is 0. The molecule has 0 radical (unpaired) electrons. The van der Waals surface area contributed by atoms with E-state index in [1.165, 1.54) is 66.6 Å². The molecule has 3 heteroatoms. The Kier molecular flexibility index (Phi) is 8.95. The summed E-state index contributed by atoms with van der Waals surface area (Å²) in [5.74, 6) is 1.12. The first-order valence-electron chi connectivity index (χ1n) is 12.4. The Bertz CT molecular complexity index is 788. The van der Waals surface area contributed by atoms with Gasteiger partial charge in [0.05, 0.1) is 14.1 Å². The number of carbonyl (C=O) groups excluding carboxylic acids is 1. The zero-order chi connectivity index (χ0) is 22.1. The predicted molar refractivity (Wildman–Crippen MR) is 135 cm³/mol. The van der Waals surface area contributed by atoms with Crippen molar-refractivity contribution < 1.29 is 4.79 Å². The molecular weight excluding hydrogens is 394 g/mol. The van der Waals surface area contributed by atoms with Crippen LogP contribution in [0.1, 0.15) is 68.7 Å². The van der Waals surface area contributed by atoms with Gasteiger partial charge in [0, 0.05) is 6.42 Å². The third kappa shape index (κ3) is 7.35. The minimum Gasteiger partial charge on any atom is -0.349 e. The van der Waals surface area contributed by atoms with E-state index in [1.807, 2.05) is 6.07 Å². The maximum absolute atomic E-state index is 13.1. The summed E-state index contributed by atoms with van der Waals surface area (Å²) in [7, 11) is -1.28. The number of unbranched alkanes of at least 4 members (excludes halogenated alkanes) is 1. The van der Waals surface area contributed by atoms with Crippen LogP contribution in [0.3, 0.4) is 0 Å². The fraction of sp³-hybridized carbons (Fsp3) is 0.536. The van der Waals surface area contributed by atoms with E-state index in [1.54, 1.807) is 0 Å². The summed E-state index contributed by atoms with van der Waals surface area (Å²) < 4.78 is 0. The van der Waals surface area contributed by atoms with Gasteiger partial charge in [0.1, 0.15) is 0 Å². The first-order chi connectivity index (χ1) is 15.0. The maximum Gasteiger partial charge on any atom is 0.220 e. The monoisotopic (exact) mass is 435 g/mol. The fourth-order valence-electron chi connectivity index (χ4n) is 5.09. The van der Waals surface area contributed by atoms with E-state index in [0.717, 1.165) is 12.3 Å². The lowest BCUT2D eigenvalue weighted by atomic mass is 9.98. The normalized spacial score (nSPS) is 22.1. The minimum atomic E-state index is -1.28. The molecule has 0 aliphatic carbocycles. The second kappa shape index (κ2) is 11.7. The molecule has 0 aromatic heterocycles. The Morgan fingerprint density at radius 1 is 1.03 bits per heavy atom. The van der Waals surface area contributed by atoms with Gasteiger partial charge in [0.15, 0.2) is 0 Å². The molecule has 1 unspecified atom stereocenters. The molecule has 0 saturated carbocycles. The molecule has 1 amide bonds. The molecule has 1 atom stereocenters. The van der Waals surface area contributed by atoms with Gasteiger partial charge < -0.3 is 5.32 Å². The molecule has 2 aromatic carbocycles. The number of benzene rings is 2. The average molecular weight is 436 g/mol. The van der Waals surface area contributed by atoms with Crippen LogP contribution in [0.15, 0.2) is 54.6 Å². The summed E-state index contributed by atoms with van der Waals surface area (Å²) in [6.07, 6.45) is 6.95. The standard InChI is InChI=1S/C28H41NOSi/c1-4-5-18-31(19-15-24(3)16-20-31)21-17-28(30)29-27(26-9-7-6-8-10-26)22-25-13-11-23(2)12-14-25/h6-14,24,27H,4-5,15-22H2,1-3H3,(H,29,30). The lowest BCUT2D eigenvalue weighted by Crippen LogP contribution is -2.39. The zero-order valence-electron chi connectivity index (χ0n) is 19.8. The lowest BCUT2D eigenvalue weighted by Gasteiger charge is -2.38. The Balaban J connectivity index is 1.64. The fourth-order valence-corrected chi connectivity index (χ4v) is 10.7. The van der Waals surface area contributed by atoms with Gasteiger partial charge in [-0.15, -0.1) is 0 Å². The molecule has 0 bridgehead atoms. The molecule has 2 nitrogen and oxygen atoms in total.